The minimum Gasteiger partial charge on any atom is -0.487 e. The molecule has 30 heavy (non-hydrogen) atoms. The van der Waals surface area contributed by atoms with Gasteiger partial charge in [0.15, 0.2) is 0 Å². The molecule has 0 aliphatic carbocycles. The summed E-state index contributed by atoms with van der Waals surface area (Å²) in [6.07, 6.45) is 1.54. The smallest absolute Gasteiger partial charge is 0.280 e. The van der Waals surface area contributed by atoms with E-state index in [1.54, 1.807) is 10.8 Å². The Morgan fingerprint density at radius 2 is 1.70 bits per heavy atom. The van der Waals surface area contributed by atoms with Gasteiger partial charge in [0.05, 0.1) is 8.95 Å². The van der Waals surface area contributed by atoms with Gasteiger partial charge in [-0.05, 0) is 87.2 Å². The van der Waals surface area contributed by atoms with E-state index in [9.17, 15) is 10.1 Å². The van der Waals surface area contributed by atoms with Crippen LogP contribution in [-0.4, -0.2) is 10.6 Å². The van der Waals surface area contributed by atoms with E-state index in [2.05, 4.69) is 37.3 Å². The molecule has 0 atom stereocenters. The molecule has 2 aromatic carbocycles. The minimum absolute atomic E-state index is 0.000691. The Hall–Kier alpha value is -2.82. The van der Waals surface area contributed by atoms with Gasteiger partial charge in [0, 0.05) is 11.4 Å². The van der Waals surface area contributed by atoms with Crippen LogP contribution in [0, 0.1) is 25.2 Å². The lowest BCUT2D eigenvalue weighted by Crippen LogP contribution is -2.25. The lowest BCUT2D eigenvalue weighted by molar-refractivity contribution is -0.113. The summed E-state index contributed by atoms with van der Waals surface area (Å²) in [4.78, 5) is 12.6. The number of halogens is 2. The first-order valence-corrected chi connectivity index (χ1v) is 10.7. The molecule has 1 N–H and O–H groups in total. The van der Waals surface area contributed by atoms with Crippen LogP contribution in [0.15, 0.2) is 69.1 Å². The molecule has 0 fully saturated rings. The first-order chi connectivity index (χ1) is 14.4. The summed E-state index contributed by atoms with van der Waals surface area (Å²) >= 11 is 7.03. The van der Waals surface area contributed by atoms with E-state index in [0.717, 1.165) is 17.0 Å². The number of hydrogen-bond acceptors (Lipinski definition) is 3. The molecule has 0 aliphatic rings. The zero-order valence-electron chi connectivity index (χ0n) is 16.4. The summed E-state index contributed by atoms with van der Waals surface area (Å²) in [5, 5.41) is 9.49. The number of aryl methyl sites for hydroxylation is 2. The van der Waals surface area contributed by atoms with Crippen LogP contribution < -0.4 is 10.2 Å². The Kier molecular flexibility index (Phi) is 7.14. The van der Waals surface area contributed by atoms with Gasteiger partial charge in [0.2, 0.25) is 0 Å². The Morgan fingerprint density at radius 1 is 1.10 bits per heavy atom. The highest BCUT2D eigenvalue weighted by Crippen LogP contribution is 2.36. The molecular formula is C23H19Br2N3O2. The molecule has 1 heterocycles. The molecule has 3 rings (SSSR count). The van der Waals surface area contributed by atoms with E-state index in [1.807, 2.05) is 74.5 Å². The SMILES string of the molecule is Cc1ccc(C)n1NC(=O)/C(C#N)=C\c1cc(Br)c(OCc2ccccc2)c(Br)c1. The first kappa shape index (κ1) is 21.9. The van der Waals surface area contributed by atoms with E-state index in [4.69, 9.17) is 4.74 Å². The maximum atomic E-state index is 12.6. The molecule has 152 valence electrons. The van der Waals surface area contributed by atoms with Gasteiger partial charge in [0.25, 0.3) is 5.91 Å². The Bertz CT molecular complexity index is 1100. The average Bonchev–Trinajstić information content (AvgIpc) is 3.04. The number of benzene rings is 2. The molecule has 7 heteroatoms. The van der Waals surface area contributed by atoms with Crippen LogP contribution >= 0.6 is 31.9 Å². The molecule has 0 bridgehead atoms. The van der Waals surface area contributed by atoms with Gasteiger partial charge in [0.1, 0.15) is 24.0 Å². The molecular weight excluding hydrogens is 510 g/mol. The van der Waals surface area contributed by atoms with E-state index in [-0.39, 0.29) is 5.57 Å². The maximum absolute atomic E-state index is 12.6. The van der Waals surface area contributed by atoms with Crippen molar-refractivity contribution < 1.29 is 9.53 Å². The normalized spacial score (nSPS) is 11.1. The van der Waals surface area contributed by atoms with E-state index in [0.29, 0.717) is 26.9 Å². The summed E-state index contributed by atoms with van der Waals surface area (Å²) in [5.41, 5.74) is 6.25. The Labute approximate surface area is 192 Å². The second-order valence-corrected chi connectivity index (χ2v) is 8.36. The molecule has 0 aliphatic heterocycles. The number of nitrogens with zero attached hydrogens (tertiary/aromatic N) is 2. The number of aromatic nitrogens is 1. The molecule has 3 aromatic rings. The quantitative estimate of drug-likeness (QED) is 0.320. The predicted molar refractivity (Wildman–Crippen MR) is 124 cm³/mol. The number of nitrogens with one attached hydrogen (secondary N) is 1. The Morgan fingerprint density at radius 3 is 2.27 bits per heavy atom. The van der Waals surface area contributed by atoms with Crippen LogP contribution in [0.4, 0.5) is 0 Å². The maximum Gasteiger partial charge on any atom is 0.280 e. The molecule has 0 unspecified atom stereocenters. The van der Waals surface area contributed by atoms with Crippen molar-refractivity contribution in [2.75, 3.05) is 5.43 Å². The fourth-order valence-electron chi connectivity index (χ4n) is 2.85. The van der Waals surface area contributed by atoms with Gasteiger partial charge in [-0.1, -0.05) is 30.3 Å². The van der Waals surface area contributed by atoms with E-state index in [1.165, 1.54) is 0 Å². The first-order valence-electron chi connectivity index (χ1n) is 9.13. The number of nitriles is 1. The number of hydrogen-bond donors (Lipinski definition) is 1. The molecule has 0 radical (unpaired) electrons. The van der Waals surface area contributed by atoms with Gasteiger partial charge in [-0.15, -0.1) is 0 Å². The molecule has 5 nitrogen and oxygen atoms in total. The number of amides is 1. The van der Waals surface area contributed by atoms with Gasteiger partial charge in [-0.3, -0.25) is 14.9 Å². The topological polar surface area (TPSA) is 67.0 Å². The summed E-state index contributed by atoms with van der Waals surface area (Å²) in [6, 6.07) is 19.2. The third-order valence-corrected chi connectivity index (χ3v) is 5.59. The molecule has 0 spiro atoms. The van der Waals surface area contributed by atoms with Crippen molar-refractivity contribution in [1.82, 2.24) is 4.68 Å². The summed E-state index contributed by atoms with van der Waals surface area (Å²) in [6.45, 7) is 4.19. The lowest BCUT2D eigenvalue weighted by Gasteiger charge is -2.12. The third kappa shape index (κ3) is 5.21. The third-order valence-electron chi connectivity index (χ3n) is 4.41. The average molecular weight is 529 g/mol. The largest absolute Gasteiger partial charge is 0.487 e. The van der Waals surface area contributed by atoms with Gasteiger partial charge in [-0.2, -0.15) is 5.26 Å². The summed E-state index contributed by atoms with van der Waals surface area (Å²) in [5.74, 6) is 0.175. The molecule has 1 aromatic heterocycles. The number of ether oxygens (including phenoxy) is 1. The van der Waals surface area contributed by atoms with E-state index >= 15 is 0 Å². The number of carbonyl (C=O) groups is 1. The molecule has 0 saturated carbocycles. The molecule has 0 saturated heterocycles. The van der Waals surface area contributed by atoms with Crippen LogP contribution in [-0.2, 0) is 11.4 Å². The van der Waals surface area contributed by atoms with Crippen LogP contribution in [0.5, 0.6) is 5.75 Å². The van der Waals surface area contributed by atoms with Crippen LogP contribution in [0.1, 0.15) is 22.5 Å². The fraction of sp³-hybridized carbons (Fsp3) is 0.130. The van der Waals surface area contributed by atoms with Crippen molar-refractivity contribution in [3.63, 3.8) is 0 Å². The van der Waals surface area contributed by atoms with E-state index < -0.39 is 5.91 Å². The standard InChI is InChI=1S/C23H19Br2N3O2/c1-15-8-9-16(2)28(15)27-23(29)19(13-26)10-18-11-20(24)22(21(25)12-18)30-14-17-6-4-3-5-7-17/h3-12H,14H2,1-2H3,(H,27,29)/b19-10-. The highest BCUT2D eigenvalue weighted by molar-refractivity contribution is 9.11. The summed E-state index contributed by atoms with van der Waals surface area (Å²) < 4.78 is 9.01. The monoisotopic (exact) mass is 527 g/mol. The summed E-state index contributed by atoms with van der Waals surface area (Å²) in [7, 11) is 0. The van der Waals surface area contributed by atoms with Crippen molar-refractivity contribution in [2.45, 2.75) is 20.5 Å². The molecule has 1 amide bonds. The van der Waals surface area contributed by atoms with Crippen molar-refractivity contribution in [3.05, 3.63) is 91.6 Å². The Balaban J connectivity index is 1.79. The van der Waals surface area contributed by atoms with Crippen molar-refractivity contribution in [3.8, 4) is 11.8 Å². The minimum atomic E-state index is -0.475. The fourth-order valence-corrected chi connectivity index (χ4v) is 4.30. The van der Waals surface area contributed by atoms with Gasteiger partial charge < -0.3 is 4.74 Å². The van der Waals surface area contributed by atoms with Crippen LogP contribution in [0.25, 0.3) is 6.08 Å². The predicted octanol–water partition coefficient (Wildman–Crippen LogP) is 5.89. The van der Waals surface area contributed by atoms with Crippen molar-refractivity contribution in [1.29, 1.82) is 5.26 Å². The zero-order valence-corrected chi connectivity index (χ0v) is 19.6. The van der Waals surface area contributed by atoms with Gasteiger partial charge >= 0.3 is 0 Å². The zero-order chi connectivity index (χ0) is 21.7. The second kappa shape index (κ2) is 9.79. The second-order valence-electron chi connectivity index (χ2n) is 6.65. The van der Waals surface area contributed by atoms with Crippen LogP contribution in [0.3, 0.4) is 0 Å². The van der Waals surface area contributed by atoms with Gasteiger partial charge in [-0.25, -0.2) is 0 Å². The van der Waals surface area contributed by atoms with Crippen molar-refractivity contribution in [2.24, 2.45) is 0 Å². The van der Waals surface area contributed by atoms with Crippen LogP contribution in [0.2, 0.25) is 0 Å². The highest BCUT2D eigenvalue weighted by Gasteiger charge is 2.14. The highest BCUT2D eigenvalue weighted by atomic mass is 79.9. The lowest BCUT2D eigenvalue weighted by atomic mass is 10.1. The number of rotatable bonds is 6. The number of carbonyl (C=O) groups excluding carboxylic acids is 1. The van der Waals surface area contributed by atoms with Crippen molar-refractivity contribution >= 4 is 43.8 Å².